The third-order valence-corrected chi connectivity index (χ3v) is 6.90. The van der Waals surface area contributed by atoms with Crippen molar-refractivity contribution < 1.29 is 43.9 Å². The Morgan fingerprint density at radius 2 is 0.500 bits per heavy atom. The average molecular weight is 594 g/mol. The molecule has 0 aromatic heterocycles. The van der Waals surface area contributed by atoms with Crippen LogP contribution in [0.1, 0.15) is 0 Å². The molecule has 16 heteroatoms. The quantitative estimate of drug-likeness (QED) is 0.135. The van der Waals surface area contributed by atoms with Crippen LogP contribution in [0.5, 0.6) is 0 Å². The molecule has 0 atom stereocenters. The van der Waals surface area contributed by atoms with Gasteiger partial charge in [-0.25, -0.2) is 43.9 Å². The van der Waals surface area contributed by atoms with E-state index in [4.69, 9.17) is 58.0 Å². The van der Waals surface area contributed by atoms with Crippen LogP contribution in [0, 0.1) is 58.2 Å². The molecule has 0 heterocycles. The van der Waals surface area contributed by atoms with Gasteiger partial charge in [0.15, 0.2) is 34.9 Å². The maximum Gasteiger partial charge on any atom is 0.200 e. The molecule has 3 aromatic rings. The molecule has 0 amide bonds. The normalized spacial score (nSPS) is 11.6. The van der Waals surface area contributed by atoms with Crippen molar-refractivity contribution in [3.8, 4) is 0 Å². The predicted octanol–water partition coefficient (Wildman–Crippen LogP) is 6.86. The lowest BCUT2D eigenvalue weighted by Gasteiger charge is -2.34. The Morgan fingerprint density at radius 1 is 0.294 bits per heavy atom. The Kier molecular flexibility index (Phi) is 7.56. The molecule has 0 aliphatic heterocycles. The first kappa shape index (κ1) is 27.1. The number of halogens is 15. The van der Waals surface area contributed by atoms with Crippen molar-refractivity contribution in [2.24, 2.45) is 0 Å². The van der Waals surface area contributed by atoms with Gasteiger partial charge in [-0.1, -0.05) is 58.0 Å². The Balaban J connectivity index is 2.68. The average Bonchev–Trinajstić information content (AvgIpc) is 2.81. The summed E-state index contributed by atoms with van der Waals surface area (Å²) in [6.45, 7) is -3.05. The van der Waals surface area contributed by atoms with Gasteiger partial charge < -0.3 is 0 Å². The lowest BCUT2D eigenvalue weighted by Crippen LogP contribution is -2.59. The Labute approximate surface area is 208 Å². The summed E-state index contributed by atoms with van der Waals surface area (Å²) in [5.41, 5.74) is -5.31. The molecule has 3 aromatic carbocycles. The van der Waals surface area contributed by atoms with Crippen LogP contribution in [-0.4, -0.2) is 6.71 Å². The Bertz CT molecular complexity index is 1130. The van der Waals surface area contributed by atoms with Crippen molar-refractivity contribution in [3.63, 3.8) is 0 Å². The van der Waals surface area contributed by atoms with E-state index in [9.17, 15) is 43.9 Å². The molecule has 0 fully saturated rings. The van der Waals surface area contributed by atoms with Gasteiger partial charge in [-0.05, 0) is 6.71 Å². The van der Waals surface area contributed by atoms with E-state index in [1.54, 1.807) is 0 Å². The second-order valence-corrected chi connectivity index (χ2v) is 8.27. The van der Waals surface area contributed by atoms with Gasteiger partial charge in [-0.3, -0.25) is 0 Å². The van der Waals surface area contributed by atoms with Crippen molar-refractivity contribution in [1.29, 1.82) is 0 Å². The van der Waals surface area contributed by atoms with Crippen LogP contribution < -0.4 is 16.4 Å². The molecule has 0 aliphatic rings. The van der Waals surface area contributed by atoms with Crippen LogP contribution >= 0.6 is 58.0 Å². The molecule has 34 heavy (non-hydrogen) atoms. The van der Waals surface area contributed by atoms with Crippen LogP contribution in [0.2, 0.25) is 25.1 Å². The minimum atomic E-state index is -3.05. The second kappa shape index (κ2) is 9.50. The highest BCUT2D eigenvalue weighted by Gasteiger charge is 2.33. The van der Waals surface area contributed by atoms with E-state index in [0.29, 0.717) is 0 Å². The van der Waals surface area contributed by atoms with Gasteiger partial charge in [0.2, 0.25) is 0 Å². The van der Waals surface area contributed by atoms with Gasteiger partial charge in [0.25, 0.3) is 0 Å². The fourth-order valence-corrected chi connectivity index (χ4v) is 4.43. The first-order valence-electron chi connectivity index (χ1n) is 8.20. The van der Waals surface area contributed by atoms with E-state index in [-0.39, 0.29) is 0 Å². The maximum absolute atomic E-state index is 14.7. The fraction of sp³-hybridized carbons (Fsp3) is 0. The standard InChI is InChI=1S/C18BCl5F10/c20-4-1(5(21)7(23)8(24)6(4)22)19(2-9(25)13(29)17(33)14(30)10(2)26)3-11(27)15(31)18(34)16(32)12(3)28/q-1. The molecular formula is C18BCl5F10-. The molecule has 3 rings (SSSR count). The van der Waals surface area contributed by atoms with Crippen LogP contribution in [0.25, 0.3) is 0 Å². The van der Waals surface area contributed by atoms with E-state index in [1.165, 1.54) is 0 Å². The first-order chi connectivity index (χ1) is 15.7. The first-order valence-corrected chi connectivity index (χ1v) is 10.1. The number of rotatable bonds is 3. The molecule has 0 saturated carbocycles. The summed E-state index contributed by atoms with van der Waals surface area (Å²) in [7, 11) is 0. The molecule has 0 bridgehead atoms. The Morgan fingerprint density at radius 3 is 0.765 bits per heavy atom. The summed E-state index contributed by atoms with van der Waals surface area (Å²) >= 11 is 29.2. The predicted molar refractivity (Wildman–Crippen MR) is 109 cm³/mol. The zero-order valence-electron chi connectivity index (χ0n) is 15.2. The second-order valence-electron chi connectivity index (χ2n) is 6.38. The number of hydrogen-bond donors (Lipinski definition) is 0. The van der Waals surface area contributed by atoms with Gasteiger partial charge in [-0.15, -0.1) is 0 Å². The highest BCUT2D eigenvalue weighted by molar-refractivity contribution is 6.98. The third kappa shape index (κ3) is 3.89. The summed E-state index contributed by atoms with van der Waals surface area (Å²) in [5, 5.41) is -4.19. The smallest absolute Gasteiger partial charge is 0.200 e. The third-order valence-electron chi connectivity index (χ3n) is 4.60. The molecule has 0 spiro atoms. The van der Waals surface area contributed by atoms with E-state index >= 15 is 0 Å². The van der Waals surface area contributed by atoms with E-state index in [0.717, 1.165) is 0 Å². The van der Waals surface area contributed by atoms with Crippen LogP contribution in [0.4, 0.5) is 43.9 Å². The number of benzene rings is 3. The molecule has 1 radical (unpaired) electrons. The fourth-order valence-electron chi connectivity index (χ4n) is 3.06. The highest BCUT2D eigenvalue weighted by Crippen LogP contribution is 2.39. The van der Waals surface area contributed by atoms with E-state index in [1.807, 2.05) is 0 Å². The van der Waals surface area contributed by atoms with Gasteiger partial charge in [0.1, 0.15) is 23.3 Å². The molecule has 0 unspecified atom stereocenters. The van der Waals surface area contributed by atoms with Crippen LogP contribution in [0.3, 0.4) is 0 Å². The van der Waals surface area contributed by atoms with Crippen LogP contribution in [0.15, 0.2) is 0 Å². The van der Waals surface area contributed by atoms with E-state index in [2.05, 4.69) is 0 Å². The van der Waals surface area contributed by atoms with Crippen molar-refractivity contribution >= 4 is 81.1 Å². The van der Waals surface area contributed by atoms with Crippen molar-refractivity contribution in [2.45, 2.75) is 0 Å². The molecule has 0 nitrogen and oxygen atoms in total. The molecular weight excluding hydrogens is 594 g/mol. The van der Waals surface area contributed by atoms with Gasteiger partial charge in [0.05, 0.1) is 15.1 Å². The van der Waals surface area contributed by atoms with Gasteiger partial charge in [0, 0.05) is 10.0 Å². The lowest BCUT2D eigenvalue weighted by molar-refractivity contribution is 0.382. The topological polar surface area (TPSA) is 0 Å². The SMILES string of the molecule is Fc1c(F)c(F)c([B-](c2c(F)c(F)c(F)c(F)c2F)c2c(Cl)c(Cl)c(Cl)c(Cl)c2Cl)c(F)c1F. The molecule has 0 aliphatic carbocycles. The zero-order valence-corrected chi connectivity index (χ0v) is 19.0. The lowest BCUT2D eigenvalue weighted by atomic mass is 9.36. The largest absolute Gasteiger partial charge is 0.207 e. The van der Waals surface area contributed by atoms with Gasteiger partial charge in [-0.2, -0.15) is 16.4 Å². The zero-order chi connectivity index (χ0) is 26.0. The Hall–Kier alpha value is -1.53. The monoisotopic (exact) mass is 592 g/mol. The minimum absolute atomic E-state index is 0.615. The highest BCUT2D eigenvalue weighted by atomic mass is 35.5. The van der Waals surface area contributed by atoms with Crippen LogP contribution in [-0.2, 0) is 0 Å². The molecule has 0 saturated heterocycles. The number of hydrogen-bond acceptors (Lipinski definition) is 0. The molecule has 0 N–H and O–H groups in total. The van der Waals surface area contributed by atoms with E-state index < -0.39 is 106 Å². The van der Waals surface area contributed by atoms with Crippen molar-refractivity contribution in [3.05, 3.63) is 83.3 Å². The summed E-state index contributed by atoms with van der Waals surface area (Å²) in [5.74, 6) is -26.6. The van der Waals surface area contributed by atoms with Crippen molar-refractivity contribution in [2.75, 3.05) is 0 Å². The summed E-state index contributed by atoms with van der Waals surface area (Å²) < 4.78 is 142. The minimum Gasteiger partial charge on any atom is -0.207 e. The molecule has 181 valence electrons. The van der Waals surface area contributed by atoms with Crippen molar-refractivity contribution in [1.82, 2.24) is 0 Å². The summed E-state index contributed by atoms with van der Waals surface area (Å²) in [4.78, 5) is 0. The maximum atomic E-state index is 14.7. The summed E-state index contributed by atoms with van der Waals surface area (Å²) in [6, 6.07) is 0. The summed E-state index contributed by atoms with van der Waals surface area (Å²) in [6.07, 6.45) is 0. The van der Waals surface area contributed by atoms with Gasteiger partial charge >= 0.3 is 0 Å².